The number of hydrogen-bond donors (Lipinski definition) is 1. The molecule has 1 aromatic heterocycles. The third-order valence-electron chi connectivity index (χ3n) is 5.29. The fourth-order valence-electron chi connectivity index (χ4n) is 3.48. The molecule has 0 bridgehead atoms. The Labute approximate surface area is 190 Å². The number of aryl methyl sites for hydroxylation is 1. The summed E-state index contributed by atoms with van der Waals surface area (Å²) in [4.78, 5) is 28.0. The molecule has 0 spiro atoms. The number of anilines is 2. The van der Waals surface area contributed by atoms with Crippen LogP contribution in [-0.2, 0) is 9.59 Å². The quantitative estimate of drug-likeness (QED) is 0.575. The van der Waals surface area contributed by atoms with Gasteiger partial charge in [0.25, 0.3) is 0 Å². The molecule has 9 nitrogen and oxygen atoms in total. The molecule has 10 heteroatoms. The Kier molecular flexibility index (Phi) is 6.69. The van der Waals surface area contributed by atoms with Gasteiger partial charge in [-0.2, -0.15) is 4.68 Å². The minimum absolute atomic E-state index is 0.119. The molecule has 32 heavy (non-hydrogen) atoms. The fraction of sp³-hybridized carbons (Fsp3) is 0.318. The van der Waals surface area contributed by atoms with Crippen molar-refractivity contribution < 1.29 is 9.59 Å². The van der Waals surface area contributed by atoms with Crippen molar-refractivity contribution >= 4 is 35.0 Å². The highest BCUT2D eigenvalue weighted by atomic mass is 32.2. The predicted octanol–water partition coefficient (Wildman–Crippen LogP) is 2.37. The second kappa shape index (κ2) is 9.82. The number of amides is 2. The van der Waals surface area contributed by atoms with Gasteiger partial charge in [0, 0.05) is 44.5 Å². The second-order valence-corrected chi connectivity index (χ2v) is 8.53. The van der Waals surface area contributed by atoms with Gasteiger partial charge < -0.3 is 15.1 Å². The van der Waals surface area contributed by atoms with E-state index in [-0.39, 0.29) is 17.6 Å². The maximum atomic E-state index is 12.4. The number of nitrogens with zero attached hydrogens (tertiary/aromatic N) is 6. The van der Waals surface area contributed by atoms with Crippen LogP contribution in [0.3, 0.4) is 0 Å². The zero-order valence-electron chi connectivity index (χ0n) is 18.1. The number of aromatic nitrogens is 4. The van der Waals surface area contributed by atoms with Gasteiger partial charge >= 0.3 is 0 Å². The Hall–Kier alpha value is -3.40. The number of tetrazole rings is 1. The largest absolute Gasteiger partial charge is 0.368 e. The lowest BCUT2D eigenvalue weighted by atomic mass is 10.2. The minimum atomic E-state index is -0.128. The van der Waals surface area contributed by atoms with E-state index in [1.165, 1.54) is 11.8 Å². The molecule has 166 valence electrons. The average molecular weight is 452 g/mol. The van der Waals surface area contributed by atoms with Crippen LogP contribution in [0.25, 0.3) is 5.69 Å². The summed E-state index contributed by atoms with van der Waals surface area (Å²) in [7, 11) is 0. The molecule has 1 N–H and O–H groups in total. The van der Waals surface area contributed by atoms with Crippen molar-refractivity contribution in [1.82, 2.24) is 25.1 Å². The third kappa shape index (κ3) is 5.25. The number of carbonyl (C=O) groups is 2. The number of benzene rings is 2. The molecule has 1 fully saturated rings. The van der Waals surface area contributed by atoms with Gasteiger partial charge in [0.15, 0.2) is 0 Å². The van der Waals surface area contributed by atoms with E-state index in [1.54, 1.807) is 11.6 Å². The standard InChI is InChI=1S/C22H25N7O2S/c1-16-3-7-20(8-4-16)29-22(24-25-26-29)32-15-21(31)23-18-5-9-19(10-6-18)28-13-11-27(12-14-28)17(2)30/h3-10H,11-15H2,1-2H3,(H,23,31). The van der Waals surface area contributed by atoms with E-state index >= 15 is 0 Å². The lowest BCUT2D eigenvalue weighted by molar-refractivity contribution is -0.129. The van der Waals surface area contributed by atoms with Crippen molar-refractivity contribution in [3.8, 4) is 5.69 Å². The molecule has 0 atom stereocenters. The SMILES string of the molecule is CC(=O)N1CCN(c2ccc(NC(=O)CSc3nnnn3-c3ccc(C)cc3)cc2)CC1. The van der Waals surface area contributed by atoms with Crippen LogP contribution in [0.2, 0.25) is 0 Å². The maximum absolute atomic E-state index is 12.4. The van der Waals surface area contributed by atoms with Crippen molar-refractivity contribution in [3.05, 3.63) is 54.1 Å². The third-order valence-corrected chi connectivity index (χ3v) is 6.21. The van der Waals surface area contributed by atoms with Crippen molar-refractivity contribution in [2.24, 2.45) is 0 Å². The zero-order valence-corrected chi connectivity index (χ0v) is 18.9. The first-order valence-corrected chi connectivity index (χ1v) is 11.4. The highest BCUT2D eigenvalue weighted by molar-refractivity contribution is 7.99. The molecule has 1 aliphatic heterocycles. The molecular weight excluding hydrogens is 426 g/mol. The number of rotatable bonds is 6. The van der Waals surface area contributed by atoms with Crippen molar-refractivity contribution in [1.29, 1.82) is 0 Å². The van der Waals surface area contributed by atoms with Crippen LogP contribution in [0.15, 0.2) is 53.7 Å². The Balaban J connectivity index is 1.29. The first kappa shape index (κ1) is 21.8. The Morgan fingerprint density at radius 1 is 0.969 bits per heavy atom. The van der Waals surface area contributed by atoms with Gasteiger partial charge in [-0.15, -0.1) is 5.10 Å². The molecule has 0 saturated carbocycles. The van der Waals surface area contributed by atoms with Crippen LogP contribution < -0.4 is 10.2 Å². The van der Waals surface area contributed by atoms with Gasteiger partial charge in [-0.3, -0.25) is 9.59 Å². The maximum Gasteiger partial charge on any atom is 0.234 e. The van der Waals surface area contributed by atoms with Crippen LogP contribution in [0.1, 0.15) is 12.5 Å². The summed E-state index contributed by atoms with van der Waals surface area (Å²) >= 11 is 1.28. The van der Waals surface area contributed by atoms with Crippen molar-refractivity contribution in [2.45, 2.75) is 19.0 Å². The normalized spacial score (nSPS) is 13.8. The number of hydrogen-bond acceptors (Lipinski definition) is 7. The molecule has 3 aromatic rings. The van der Waals surface area contributed by atoms with Gasteiger partial charge in [-0.05, 0) is 53.7 Å². The Morgan fingerprint density at radius 3 is 2.28 bits per heavy atom. The van der Waals surface area contributed by atoms with E-state index < -0.39 is 0 Å². The molecule has 2 aromatic carbocycles. The van der Waals surface area contributed by atoms with Crippen LogP contribution in [0.5, 0.6) is 0 Å². The molecule has 2 heterocycles. The van der Waals surface area contributed by atoms with Crippen molar-refractivity contribution in [3.63, 3.8) is 0 Å². The van der Waals surface area contributed by atoms with Crippen molar-refractivity contribution in [2.75, 3.05) is 42.1 Å². The summed E-state index contributed by atoms with van der Waals surface area (Å²) in [5.74, 6) is 0.186. The van der Waals surface area contributed by atoms with Gasteiger partial charge in [-0.25, -0.2) is 0 Å². The second-order valence-electron chi connectivity index (χ2n) is 7.59. The van der Waals surface area contributed by atoms with Crippen LogP contribution in [0.4, 0.5) is 11.4 Å². The highest BCUT2D eigenvalue weighted by Crippen LogP contribution is 2.21. The zero-order chi connectivity index (χ0) is 22.5. The fourth-order valence-corrected chi connectivity index (χ4v) is 4.17. The molecule has 0 aliphatic carbocycles. The van der Waals surface area contributed by atoms with E-state index in [2.05, 4.69) is 25.7 Å². The summed E-state index contributed by atoms with van der Waals surface area (Å²) in [6.07, 6.45) is 0. The number of nitrogens with one attached hydrogen (secondary N) is 1. The van der Waals surface area contributed by atoms with E-state index in [9.17, 15) is 9.59 Å². The van der Waals surface area contributed by atoms with E-state index in [0.29, 0.717) is 5.16 Å². The molecule has 2 amide bonds. The molecule has 0 unspecified atom stereocenters. The van der Waals surface area contributed by atoms with E-state index in [0.717, 1.165) is 48.8 Å². The lowest BCUT2D eigenvalue weighted by Gasteiger charge is -2.35. The number of thioether (sulfide) groups is 1. The summed E-state index contributed by atoms with van der Waals surface area (Å²) < 4.78 is 1.62. The van der Waals surface area contributed by atoms with Gasteiger partial charge in [0.1, 0.15) is 0 Å². The molecule has 0 radical (unpaired) electrons. The highest BCUT2D eigenvalue weighted by Gasteiger charge is 2.19. The average Bonchev–Trinajstić information content (AvgIpc) is 3.27. The summed E-state index contributed by atoms with van der Waals surface area (Å²) in [5, 5.41) is 15.3. The van der Waals surface area contributed by atoms with Gasteiger partial charge in [0.2, 0.25) is 17.0 Å². The van der Waals surface area contributed by atoms with Gasteiger partial charge in [0.05, 0.1) is 11.4 Å². The topological polar surface area (TPSA) is 96.2 Å². The molecule has 1 saturated heterocycles. The molecule has 1 aliphatic rings. The van der Waals surface area contributed by atoms with Gasteiger partial charge in [-0.1, -0.05) is 29.5 Å². The molecule has 4 rings (SSSR count). The predicted molar refractivity (Wildman–Crippen MR) is 124 cm³/mol. The molecular formula is C22H25N7O2S. The monoisotopic (exact) mass is 451 g/mol. The van der Waals surface area contributed by atoms with Crippen LogP contribution >= 0.6 is 11.8 Å². The summed E-state index contributed by atoms with van der Waals surface area (Å²) in [6, 6.07) is 15.6. The Bertz CT molecular complexity index is 1070. The Morgan fingerprint density at radius 2 is 1.62 bits per heavy atom. The lowest BCUT2D eigenvalue weighted by Crippen LogP contribution is -2.48. The van der Waals surface area contributed by atoms with E-state index in [1.807, 2.05) is 60.4 Å². The van der Waals surface area contributed by atoms with Crippen LogP contribution in [-0.4, -0.2) is 68.9 Å². The van der Waals surface area contributed by atoms with E-state index in [4.69, 9.17) is 0 Å². The minimum Gasteiger partial charge on any atom is -0.368 e. The van der Waals surface area contributed by atoms with Crippen LogP contribution in [0, 0.1) is 6.92 Å². The number of carbonyl (C=O) groups excluding carboxylic acids is 2. The summed E-state index contributed by atoms with van der Waals surface area (Å²) in [6.45, 7) is 6.69. The smallest absolute Gasteiger partial charge is 0.234 e. The summed E-state index contributed by atoms with van der Waals surface area (Å²) in [5.41, 5.74) is 3.82. The first-order chi connectivity index (χ1) is 15.5. The number of piperazine rings is 1. The first-order valence-electron chi connectivity index (χ1n) is 10.4.